The second-order valence-corrected chi connectivity index (χ2v) is 7.07. The lowest BCUT2D eigenvalue weighted by molar-refractivity contribution is 0.523. The van der Waals surface area contributed by atoms with Gasteiger partial charge in [-0.15, -0.1) is 0 Å². The number of anilines is 1. The molecule has 1 aliphatic heterocycles. The lowest BCUT2D eigenvalue weighted by Gasteiger charge is -2.40. The maximum Gasteiger partial charge on any atom is 0.185 e. The van der Waals surface area contributed by atoms with Crippen LogP contribution in [0.1, 0.15) is 18.9 Å². The van der Waals surface area contributed by atoms with Gasteiger partial charge >= 0.3 is 0 Å². The number of nitrogens with zero attached hydrogens (tertiary/aromatic N) is 1. The molecule has 0 aromatic heterocycles. The molecule has 0 fully saturated rings. The fourth-order valence-electron chi connectivity index (χ4n) is 2.75. The van der Waals surface area contributed by atoms with Crippen molar-refractivity contribution < 1.29 is 8.42 Å². The van der Waals surface area contributed by atoms with Gasteiger partial charge in [0.15, 0.2) is 9.84 Å². The molecule has 18 heavy (non-hydrogen) atoms. The molecule has 0 aliphatic carbocycles. The van der Waals surface area contributed by atoms with E-state index in [1.54, 1.807) is 12.1 Å². The Labute approximate surface area is 109 Å². The SMILES string of the molecule is Cc1cccc2c1N(C)C(C)C(CCN)S2(=O)=O. The smallest absolute Gasteiger partial charge is 0.185 e. The Morgan fingerprint density at radius 3 is 2.67 bits per heavy atom. The van der Waals surface area contributed by atoms with E-state index in [2.05, 4.69) is 4.90 Å². The average Bonchev–Trinajstić information content (AvgIpc) is 2.32. The Morgan fingerprint density at radius 1 is 1.39 bits per heavy atom. The third-order valence-corrected chi connectivity index (χ3v) is 6.23. The van der Waals surface area contributed by atoms with Crippen molar-refractivity contribution in [3.8, 4) is 0 Å². The summed E-state index contributed by atoms with van der Waals surface area (Å²) in [5, 5.41) is -0.415. The number of benzene rings is 1. The second-order valence-electron chi connectivity index (χ2n) is 4.93. The number of hydrogen-bond donors (Lipinski definition) is 1. The summed E-state index contributed by atoms with van der Waals surface area (Å²) < 4.78 is 25.2. The Balaban J connectivity index is 2.66. The molecule has 0 saturated heterocycles. The highest BCUT2D eigenvalue weighted by Gasteiger charge is 2.41. The number of fused-ring (bicyclic) bond motifs is 1. The summed E-state index contributed by atoms with van der Waals surface area (Å²) in [6.45, 7) is 4.29. The summed E-state index contributed by atoms with van der Waals surface area (Å²) in [6, 6.07) is 5.39. The standard InChI is InChI=1S/C13H20N2O2S/c1-9-5-4-6-12-13(9)15(3)10(2)11(7-8-14)18(12,16)17/h4-6,10-11H,7-8,14H2,1-3H3. The third-order valence-electron chi connectivity index (χ3n) is 3.86. The molecule has 0 radical (unpaired) electrons. The van der Waals surface area contributed by atoms with Crippen LogP contribution in [-0.4, -0.2) is 33.3 Å². The van der Waals surface area contributed by atoms with Gasteiger partial charge in [-0.05, 0) is 38.4 Å². The number of para-hydroxylation sites is 1. The molecule has 4 nitrogen and oxygen atoms in total. The highest BCUT2D eigenvalue weighted by atomic mass is 32.2. The van der Waals surface area contributed by atoms with Crippen molar-refractivity contribution in [2.75, 3.05) is 18.5 Å². The van der Waals surface area contributed by atoms with Gasteiger partial charge in [0.05, 0.1) is 15.8 Å². The van der Waals surface area contributed by atoms with Crippen LogP contribution in [0.3, 0.4) is 0 Å². The van der Waals surface area contributed by atoms with Gasteiger partial charge in [-0.3, -0.25) is 0 Å². The molecule has 1 aliphatic rings. The first-order valence-electron chi connectivity index (χ1n) is 6.17. The second kappa shape index (κ2) is 4.55. The minimum atomic E-state index is -3.27. The fraction of sp³-hybridized carbons (Fsp3) is 0.538. The van der Waals surface area contributed by atoms with Gasteiger partial charge in [-0.2, -0.15) is 0 Å². The zero-order chi connectivity index (χ0) is 13.5. The van der Waals surface area contributed by atoms with E-state index in [1.807, 2.05) is 27.0 Å². The van der Waals surface area contributed by atoms with Crippen molar-refractivity contribution in [3.63, 3.8) is 0 Å². The molecule has 1 aromatic rings. The lowest BCUT2D eigenvalue weighted by atomic mass is 10.1. The molecule has 2 N–H and O–H groups in total. The van der Waals surface area contributed by atoms with Gasteiger partial charge in [-0.25, -0.2) is 8.42 Å². The van der Waals surface area contributed by atoms with E-state index in [1.165, 1.54) is 0 Å². The fourth-order valence-corrected chi connectivity index (χ4v) is 5.07. The largest absolute Gasteiger partial charge is 0.369 e. The Bertz CT molecular complexity index is 554. The van der Waals surface area contributed by atoms with Gasteiger partial charge in [0, 0.05) is 13.1 Å². The zero-order valence-electron chi connectivity index (χ0n) is 11.1. The number of aryl methyl sites for hydroxylation is 1. The topological polar surface area (TPSA) is 63.4 Å². The van der Waals surface area contributed by atoms with Crippen molar-refractivity contribution in [1.82, 2.24) is 0 Å². The molecule has 2 unspecified atom stereocenters. The van der Waals surface area contributed by atoms with Crippen LogP contribution >= 0.6 is 0 Å². The lowest BCUT2D eigenvalue weighted by Crippen LogP contribution is -2.49. The van der Waals surface area contributed by atoms with Crippen molar-refractivity contribution in [3.05, 3.63) is 23.8 Å². The summed E-state index contributed by atoms with van der Waals surface area (Å²) in [6.07, 6.45) is 0.501. The van der Waals surface area contributed by atoms with Gasteiger partial charge in [-0.1, -0.05) is 12.1 Å². The van der Waals surface area contributed by atoms with Crippen LogP contribution in [0.15, 0.2) is 23.1 Å². The number of hydrogen-bond acceptors (Lipinski definition) is 4. The summed E-state index contributed by atoms with van der Waals surface area (Å²) in [7, 11) is -1.32. The van der Waals surface area contributed by atoms with Crippen LogP contribution in [0.2, 0.25) is 0 Å². The minimum absolute atomic E-state index is 0.0489. The molecule has 0 bridgehead atoms. The van der Waals surface area contributed by atoms with E-state index < -0.39 is 15.1 Å². The summed E-state index contributed by atoms with van der Waals surface area (Å²) in [5.74, 6) is 0. The maximum absolute atomic E-state index is 12.6. The Hall–Kier alpha value is -1.07. The number of rotatable bonds is 2. The Morgan fingerprint density at radius 2 is 2.06 bits per heavy atom. The molecular formula is C13H20N2O2S. The highest BCUT2D eigenvalue weighted by molar-refractivity contribution is 7.92. The molecule has 100 valence electrons. The summed E-state index contributed by atoms with van der Waals surface area (Å²) in [5.41, 5.74) is 7.38. The minimum Gasteiger partial charge on any atom is -0.369 e. The van der Waals surface area contributed by atoms with E-state index >= 15 is 0 Å². The van der Waals surface area contributed by atoms with Crippen LogP contribution in [-0.2, 0) is 9.84 Å². The van der Waals surface area contributed by atoms with Crippen molar-refractivity contribution in [2.24, 2.45) is 5.73 Å². The predicted molar refractivity (Wildman–Crippen MR) is 73.7 cm³/mol. The van der Waals surface area contributed by atoms with Gasteiger partial charge in [0.25, 0.3) is 0 Å². The molecule has 0 spiro atoms. The highest BCUT2D eigenvalue weighted by Crippen LogP contribution is 2.39. The van der Waals surface area contributed by atoms with Crippen LogP contribution in [0, 0.1) is 6.92 Å². The van der Waals surface area contributed by atoms with Crippen molar-refractivity contribution in [1.29, 1.82) is 0 Å². The molecule has 1 aromatic carbocycles. The zero-order valence-corrected chi connectivity index (χ0v) is 11.9. The van der Waals surface area contributed by atoms with Gasteiger partial charge in [0.2, 0.25) is 0 Å². The van der Waals surface area contributed by atoms with E-state index in [0.29, 0.717) is 17.9 Å². The predicted octanol–water partition coefficient (Wildman–Crippen LogP) is 1.32. The first-order valence-corrected chi connectivity index (χ1v) is 7.72. The van der Waals surface area contributed by atoms with Crippen LogP contribution in [0.4, 0.5) is 5.69 Å². The van der Waals surface area contributed by atoms with Crippen molar-refractivity contribution >= 4 is 15.5 Å². The van der Waals surface area contributed by atoms with E-state index in [4.69, 9.17) is 5.73 Å². The number of nitrogens with two attached hydrogens (primary N) is 1. The average molecular weight is 268 g/mol. The van der Waals surface area contributed by atoms with Crippen LogP contribution < -0.4 is 10.6 Å². The summed E-state index contributed by atoms with van der Waals surface area (Å²) in [4.78, 5) is 2.51. The first kappa shape index (κ1) is 13.4. The maximum atomic E-state index is 12.6. The molecule has 2 atom stereocenters. The number of sulfone groups is 1. The molecule has 0 amide bonds. The van der Waals surface area contributed by atoms with Gasteiger partial charge in [0.1, 0.15) is 0 Å². The van der Waals surface area contributed by atoms with E-state index in [-0.39, 0.29) is 6.04 Å². The Kier molecular flexibility index (Phi) is 3.38. The van der Waals surface area contributed by atoms with Crippen LogP contribution in [0.25, 0.3) is 0 Å². The molecule has 0 saturated carbocycles. The van der Waals surface area contributed by atoms with Crippen LogP contribution in [0.5, 0.6) is 0 Å². The van der Waals surface area contributed by atoms with Crippen molar-refractivity contribution in [2.45, 2.75) is 36.5 Å². The molecule has 2 rings (SSSR count). The molecule has 5 heteroatoms. The van der Waals surface area contributed by atoms with Gasteiger partial charge < -0.3 is 10.6 Å². The van der Waals surface area contributed by atoms with E-state index in [0.717, 1.165) is 11.3 Å². The van der Waals surface area contributed by atoms with E-state index in [9.17, 15) is 8.42 Å². The monoisotopic (exact) mass is 268 g/mol. The first-order chi connectivity index (χ1) is 8.41. The summed E-state index contributed by atoms with van der Waals surface area (Å²) >= 11 is 0. The quantitative estimate of drug-likeness (QED) is 0.879. The normalized spacial score (nSPS) is 25.9. The third kappa shape index (κ3) is 1.82. The molecular weight excluding hydrogens is 248 g/mol. The molecule has 1 heterocycles.